The predicted octanol–water partition coefficient (Wildman–Crippen LogP) is 2.05. The first-order valence-electron chi connectivity index (χ1n) is 7.19. The summed E-state index contributed by atoms with van der Waals surface area (Å²) < 4.78 is 25.0. The lowest BCUT2D eigenvalue weighted by atomic mass is 10.2. The minimum atomic E-state index is -3.77. The van der Waals surface area contributed by atoms with Crippen molar-refractivity contribution in [1.29, 1.82) is 0 Å². The fraction of sp³-hybridized carbons (Fsp3) is 0.533. The van der Waals surface area contributed by atoms with E-state index < -0.39 is 21.0 Å². The van der Waals surface area contributed by atoms with Gasteiger partial charge in [0.05, 0.1) is 10.6 Å². The number of para-hydroxylation sites is 1. The number of carbonyl (C=O) groups excluding carboxylic acids is 1. The van der Waals surface area contributed by atoms with Gasteiger partial charge in [-0.2, -0.15) is 0 Å². The molecule has 5 nitrogen and oxygen atoms in total. The maximum absolute atomic E-state index is 12.5. The molecule has 0 bridgehead atoms. The van der Waals surface area contributed by atoms with Crippen LogP contribution in [0.4, 0.5) is 5.69 Å². The molecule has 0 aliphatic carbocycles. The number of anilines is 1. The first kappa shape index (κ1) is 17.5. The Bertz CT molecular complexity index is 597. The second-order valence-corrected chi connectivity index (χ2v) is 7.41. The van der Waals surface area contributed by atoms with Gasteiger partial charge in [0.1, 0.15) is 5.25 Å². The van der Waals surface area contributed by atoms with E-state index in [1.807, 2.05) is 0 Å². The van der Waals surface area contributed by atoms with Crippen LogP contribution in [-0.4, -0.2) is 26.1 Å². The molecule has 6 heteroatoms. The third-order valence-corrected chi connectivity index (χ3v) is 5.62. The van der Waals surface area contributed by atoms with Crippen LogP contribution < -0.4 is 11.1 Å². The highest BCUT2D eigenvalue weighted by atomic mass is 32.2. The second-order valence-electron chi connectivity index (χ2n) is 5.17. The minimum Gasteiger partial charge on any atom is -0.397 e. The standard InChI is InChI=1S/C15H24N2O3S/c1-4-5-6-10-17-15(18)12(3)21(19,20)13-9-7-8-11(2)14(13)16/h7-9,12H,4-6,10,16H2,1-3H3,(H,17,18). The van der Waals surface area contributed by atoms with E-state index >= 15 is 0 Å². The average Bonchev–Trinajstić information content (AvgIpc) is 2.45. The Morgan fingerprint density at radius 2 is 2.00 bits per heavy atom. The summed E-state index contributed by atoms with van der Waals surface area (Å²) in [7, 11) is -3.77. The fourth-order valence-corrected chi connectivity index (χ4v) is 3.45. The Balaban J connectivity index is 2.87. The number of nitrogens with two attached hydrogens (primary N) is 1. The van der Waals surface area contributed by atoms with Gasteiger partial charge in [-0.1, -0.05) is 31.9 Å². The summed E-state index contributed by atoms with van der Waals surface area (Å²) in [5.74, 6) is -0.480. The van der Waals surface area contributed by atoms with Crippen molar-refractivity contribution in [2.24, 2.45) is 0 Å². The fourth-order valence-electron chi connectivity index (χ4n) is 1.96. The number of hydrogen-bond acceptors (Lipinski definition) is 4. The van der Waals surface area contributed by atoms with Gasteiger partial charge in [-0.25, -0.2) is 8.42 Å². The van der Waals surface area contributed by atoms with Crippen LogP contribution in [0.25, 0.3) is 0 Å². The molecule has 3 N–H and O–H groups in total. The molecule has 0 fully saturated rings. The summed E-state index contributed by atoms with van der Waals surface area (Å²) in [6, 6.07) is 4.81. The number of nitrogen functional groups attached to an aromatic ring is 1. The highest BCUT2D eigenvalue weighted by Crippen LogP contribution is 2.25. The van der Waals surface area contributed by atoms with E-state index in [1.54, 1.807) is 19.1 Å². The van der Waals surface area contributed by atoms with Crippen LogP contribution in [0.3, 0.4) is 0 Å². The van der Waals surface area contributed by atoms with Crippen molar-refractivity contribution >= 4 is 21.4 Å². The molecule has 118 valence electrons. The average molecular weight is 312 g/mol. The molecular formula is C15H24N2O3S. The molecule has 0 radical (unpaired) electrons. The Kier molecular flexibility index (Phi) is 6.20. The third kappa shape index (κ3) is 4.20. The van der Waals surface area contributed by atoms with Gasteiger partial charge in [-0.15, -0.1) is 0 Å². The molecule has 0 saturated heterocycles. The van der Waals surface area contributed by atoms with Gasteiger partial charge in [0.15, 0.2) is 9.84 Å². The normalized spacial score (nSPS) is 12.9. The highest BCUT2D eigenvalue weighted by Gasteiger charge is 2.31. The smallest absolute Gasteiger partial charge is 0.238 e. The molecule has 21 heavy (non-hydrogen) atoms. The molecule has 0 saturated carbocycles. The van der Waals surface area contributed by atoms with Gasteiger partial charge in [0.25, 0.3) is 0 Å². The largest absolute Gasteiger partial charge is 0.397 e. The number of benzene rings is 1. The van der Waals surface area contributed by atoms with E-state index in [0.29, 0.717) is 12.1 Å². The molecule has 1 rings (SSSR count). The maximum atomic E-state index is 12.5. The van der Waals surface area contributed by atoms with Crippen LogP contribution in [-0.2, 0) is 14.6 Å². The molecule has 1 atom stereocenters. The molecule has 0 heterocycles. The van der Waals surface area contributed by atoms with Gasteiger partial charge in [-0.3, -0.25) is 4.79 Å². The summed E-state index contributed by atoms with van der Waals surface area (Å²) >= 11 is 0. The van der Waals surface area contributed by atoms with Crippen LogP contribution in [0.2, 0.25) is 0 Å². The van der Waals surface area contributed by atoms with Crippen LogP contribution in [0.15, 0.2) is 23.1 Å². The lowest BCUT2D eigenvalue weighted by molar-refractivity contribution is -0.120. The van der Waals surface area contributed by atoms with Gasteiger partial charge in [0, 0.05) is 6.54 Å². The topological polar surface area (TPSA) is 89.3 Å². The summed E-state index contributed by atoms with van der Waals surface area (Å²) in [6.07, 6.45) is 2.90. The summed E-state index contributed by atoms with van der Waals surface area (Å²) in [6.45, 7) is 5.70. The molecule has 0 aromatic heterocycles. The van der Waals surface area contributed by atoms with E-state index in [2.05, 4.69) is 12.2 Å². The van der Waals surface area contributed by atoms with E-state index in [-0.39, 0.29) is 10.6 Å². The molecule has 0 aliphatic heterocycles. The van der Waals surface area contributed by atoms with E-state index in [4.69, 9.17) is 5.73 Å². The number of unbranched alkanes of at least 4 members (excludes halogenated alkanes) is 2. The number of rotatable bonds is 7. The van der Waals surface area contributed by atoms with Gasteiger partial charge < -0.3 is 11.1 Å². The summed E-state index contributed by atoms with van der Waals surface area (Å²) in [5.41, 5.74) is 6.73. The molecule has 1 aromatic rings. The van der Waals surface area contributed by atoms with E-state index in [0.717, 1.165) is 19.3 Å². The van der Waals surface area contributed by atoms with E-state index in [1.165, 1.54) is 13.0 Å². The number of sulfone groups is 1. The van der Waals surface area contributed by atoms with Gasteiger partial charge >= 0.3 is 0 Å². The van der Waals surface area contributed by atoms with Crippen molar-refractivity contribution in [3.05, 3.63) is 23.8 Å². The first-order valence-corrected chi connectivity index (χ1v) is 8.73. The number of carbonyl (C=O) groups is 1. The third-order valence-electron chi connectivity index (χ3n) is 3.50. The second kappa shape index (κ2) is 7.45. The SMILES string of the molecule is CCCCCNC(=O)C(C)S(=O)(=O)c1cccc(C)c1N. The van der Waals surface area contributed by atoms with Gasteiger partial charge in [0.2, 0.25) is 5.91 Å². The zero-order valence-corrected chi connectivity index (χ0v) is 13.7. The quantitative estimate of drug-likeness (QED) is 0.595. The number of nitrogens with one attached hydrogen (secondary N) is 1. The lowest BCUT2D eigenvalue weighted by Gasteiger charge is -2.15. The van der Waals surface area contributed by atoms with Crippen molar-refractivity contribution in [1.82, 2.24) is 5.32 Å². The Labute approximate surface area is 126 Å². The molecule has 1 aromatic carbocycles. The Morgan fingerprint density at radius 1 is 1.33 bits per heavy atom. The van der Waals surface area contributed by atoms with Crippen LogP contribution >= 0.6 is 0 Å². The molecular weight excluding hydrogens is 288 g/mol. The maximum Gasteiger partial charge on any atom is 0.238 e. The predicted molar refractivity (Wildman–Crippen MR) is 84.8 cm³/mol. The number of amides is 1. The highest BCUT2D eigenvalue weighted by molar-refractivity contribution is 7.93. The molecule has 0 aliphatic rings. The molecule has 1 unspecified atom stereocenters. The molecule has 0 spiro atoms. The summed E-state index contributed by atoms with van der Waals surface area (Å²) in [4.78, 5) is 12.0. The van der Waals surface area contributed by atoms with Crippen molar-refractivity contribution < 1.29 is 13.2 Å². The first-order chi connectivity index (χ1) is 9.82. The number of aryl methyl sites for hydroxylation is 1. The monoisotopic (exact) mass is 312 g/mol. The zero-order valence-electron chi connectivity index (χ0n) is 12.8. The number of hydrogen-bond donors (Lipinski definition) is 2. The Hall–Kier alpha value is -1.56. The Morgan fingerprint density at radius 3 is 2.62 bits per heavy atom. The van der Waals surface area contributed by atoms with Crippen LogP contribution in [0.1, 0.15) is 38.7 Å². The van der Waals surface area contributed by atoms with Crippen molar-refractivity contribution in [3.63, 3.8) is 0 Å². The lowest BCUT2D eigenvalue weighted by Crippen LogP contribution is -2.38. The van der Waals surface area contributed by atoms with Crippen LogP contribution in [0, 0.1) is 6.92 Å². The molecule has 1 amide bonds. The van der Waals surface area contributed by atoms with Gasteiger partial charge in [-0.05, 0) is 31.9 Å². The van der Waals surface area contributed by atoms with Crippen molar-refractivity contribution in [3.8, 4) is 0 Å². The van der Waals surface area contributed by atoms with Crippen molar-refractivity contribution in [2.75, 3.05) is 12.3 Å². The van der Waals surface area contributed by atoms with Crippen LogP contribution in [0.5, 0.6) is 0 Å². The minimum absolute atomic E-state index is 0.0266. The zero-order chi connectivity index (χ0) is 16.0. The van der Waals surface area contributed by atoms with Crippen molar-refractivity contribution in [2.45, 2.75) is 50.2 Å². The summed E-state index contributed by atoms with van der Waals surface area (Å²) in [5, 5.41) is 1.52. The van der Waals surface area contributed by atoms with E-state index in [9.17, 15) is 13.2 Å².